The van der Waals surface area contributed by atoms with Gasteiger partial charge in [-0.3, -0.25) is 9.59 Å². The zero-order valence-corrected chi connectivity index (χ0v) is 19.2. The minimum atomic E-state index is -0.867. The molecule has 0 aliphatic rings. The minimum absolute atomic E-state index is 0.115. The number of carbonyl (C=O) groups excluding carboxylic acids is 2. The summed E-state index contributed by atoms with van der Waals surface area (Å²) in [6.07, 6.45) is 0. The third-order valence-electron chi connectivity index (χ3n) is 5.28. The van der Waals surface area contributed by atoms with Crippen LogP contribution in [0.2, 0.25) is 0 Å². The van der Waals surface area contributed by atoms with Crippen LogP contribution in [0.4, 0.5) is 23.2 Å². The summed E-state index contributed by atoms with van der Waals surface area (Å²) >= 11 is 0. The first-order valence-corrected chi connectivity index (χ1v) is 10.8. The summed E-state index contributed by atoms with van der Waals surface area (Å²) in [6, 6.07) is 11.6. The van der Waals surface area contributed by atoms with E-state index in [0.29, 0.717) is 23.4 Å². The van der Waals surface area contributed by atoms with E-state index in [0.717, 1.165) is 24.3 Å². The molecule has 0 heterocycles. The monoisotopic (exact) mass is 487 g/mol. The average Bonchev–Trinajstić information content (AvgIpc) is 2.78. The van der Waals surface area contributed by atoms with E-state index in [1.807, 2.05) is 13.8 Å². The fourth-order valence-electron chi connectivity index (χ4n) is 3.44. The van der Waals surface area contributed by atoms with Crippen molar-refractivity contribution in [2.24, 2.45) is 11.1 Å². The lowest BCUT2D eigenvalue weighted by molar-refractivity contribution is 0.0672. The molecule has 0 bridgehead atoms. The van der Waals surface area contributed by atoms with Gasteiger partial charge in [-0.15, -0.1) is 0 Å². The van der Waals surface area contributed by atoms with Gasteiger partial charge in [0.1, 0.15) is 23.3 Å². The zero-order chi connectivity index (χ0) is 25.8. The molecule has 0 aliphatic carbocycles. The summed E-state index contributed by atoms with van der Waals surface area (Å²) < 4.78 is 54.1. The van der Waals surface area contributed by atoms with Gasteiger partial charge in [-0.25, -0.2) is 17.6 Å². The third-order valence-corrected chi connectivity index (χ3v) is 5.28. The topological polar surface area (TPSA) is 75.4 Å². The lowest BCUT2D eigenvalue weighted by Crippen LogP contribution is -2.41. The van der Waals surface area contributed by atoms with Crippen LogP contribution in [0.25, 0.3) is 0 Å². The van der Waals surface area contributed by atoms with Gasteiger partial charge in [0.2, 0.25) is 0 Å². The Labute approximate surface area is 200 Å². The van der Waals surface area contributed by atoms with Crippen molar-refractivity contribution >= 4 is 17.5 Å². The lowest BCUT2D eigenvalue weighted by Gasteiger charge is -2.32. The van der Waals surface area contributed by atoms with Crippen LogP contribution < -0.4 is 11.1 Å². The molecule has 184 valence electrons. The zero-order valence-electron chi connectivity index (χ0n) is 19.2. The highest BCUT2D eigenvalue weighted by molar-refractivity contribution is 6.04. The summed E-state index contributed by atoms with van der Waals surface area (Å²) in [4.78, 5) is 26.9. The Kier molecular flexibility index (Phi) is 7.91. The molecule has 0 radical (unpaired) electrons. The van der Waals surface area contributed by atoms with Crippen molar-refractivity contribution in [2.75, 3.05) is 18.4 Å². The Bertz CT molecular complexity index is 1190. The van der Waals surface area contributed by atoms with Gasteiger partial charge in [-0.1, -0.05) is 26.0 Å². The fourth-order valence-corrected chi connectivity index (χ4v) is 3.44. The molecule has 5 nitrogen and oxygen atoms in total. The molecule has 9 heteroatoms. The number of rotatable bonds is 8. The quantitative estimate of drug-likeness (QED) is 0.433. The summed E-state index contributed by atoms with van der Waals surface area (Å²) in [5.74, 6) is -4.70. The number of hydrogen-bond acceptors (Lipinski definition) is 3. The van der Waals surface area contributed by atoms with E-state index in [2.05, 4.69) is 5.32 Å². The molecule has 3 rings (SSSR count). The van der Waals surface area contributed by atoms with Gasteiger partial charge >= 0.3 is 0 Å². The first-order chi connectivity index (χ1) is 16.5. The Hall–Kier alpha value is -3.72. The predicted octanol–water partition coefficient (Wildman–Crippen LogP) is 5.12. The van der Waals surface area contributed by atoms with Crippen LogP contribution in [0, 0.1) is 28.7 Å². The molecular weight excluding hydrogens is 462 g/mol. The van der Waals surface area contributed by atoms with Crippen molar-refractivity contribution in [2.45, 2.75) is 20.4 Å². The van der Waals surface area contributed by atoms with E-state index in [-0.39, 0.29) is 30.8 Å². The van der Waals surface area contributed by atoms with E-state index >= 15 is 0 Å². The smallest absolute Gasteiger partial charge is 0.255 e. The number of benzene rings is 3. The van der Waals surface area contributed by atoms with Crippen LogP contribution in [0.3, 0.4) is 0 Å². The molecule has 3 aromatic rings. The van der Waals surface area contributed by atoms with Crippen LogP contribution in [-0.4, -0.2) is 29.8 Å². The average molecular weight is 487 g/mol. The highest BCUT2D eigenvalue weighted by atomic mass is 19.1. The maximum absolute atomic E-state index is 13.7. The molecule has 3 aromatic carbocycles. The molecule has 3 N–H and O–H groups in total. The largest absolute Gasteiger partial charge is 0.334 e. The molecular formula is C26H25F4N3O2. The summed E-state index contributed by atoms with van der Waals surface area (Å²) in [5, 5.41) is 2.55. The van der Waals surface area contributed by atoms with Gasteiger partial charge in [-0.2, -0.15) is 0 Å². The van der Waals surface area contributed by atoms with Crippen LogP contribution in [-0.2, 0) is 6.54 Å². The number of hydrogen-bond donors (Lipinski definition) is 2. The number of nitrogens with zero attached hydrogens (tertiary/aromatic N) is 1. The van der Waals surface area contributed by atoms with Crippen molar-refractivity contribution in [1.82, 2.24) is 4.90 Å². The van der Waals surface area contributed by atoms with Gasteiger partial charge in [-0.05, 0) is 53.9 Å². The molecule has 0 atom stereocenters. The number of nitrogens with one attached hydrogen (secondary N) is 1. The Morgan fingerprint density at radius 3 is 1.80 bits per heavy atom. The molecule has 2 amide bonds. The lowest BCUT2D eigenvalue weighted by atomic mass is 9.92. The van der Waals surface area contributed by atoms with Crippen LogP contribution in [0.15, 0.2) is 60.7 Å². The normalized spacial score (nSPS) is 11.3. The fraction of sp³-hybridized carbons (Fsp3) is 0.231. The van der Waals surface area contributed by atoms with E-state index in [1.165, 1.54) is 4.90 Å². The second-order valence-corrected chi connectivity index (χ2v) is 9.00. The molecule has 35 heavy (non-hydrogen) atoms. The first kappa shape index (κ1) is 25.9. The number of amides is 2. The van der Waals surface area contributed by atoms with E-state index in [1.54, 1.807) is 24.3 Å². The molecule has 0 unspecified atom stereocenters. The second kappa shape index (κ2) is 10.7. The third kappa shape index (κ3) is 7.13. The van der Waals surface area contributed by atoms with Gasteiger partial charge < -0.3 is 16.0 Å². The van der Waals surface area contributed by atoms with Crippen LogP contribution in [0.1, 0.15) is 40.1 Å². The Morgan fingerprint density at radius 1 is 0.829 bits per heavy atom. The van der Waals surface area contributed by atoms with Crippen molar-refractivity contribution in [3.05, 3.63) is 101 Å². The van der Waals surface area contributed by atoms with Crippen molar-refractivity contribution in [3.63, 3.8) is 0 Å². The van der Waals surface area contributed by atoms with Gasteiger partial charge in [0.15, 0.2) is 0 Å². The summed E-state index contributed by atoms with van der Waals surface area (Å²) in [6.45, 7) is 4.36. The van der Waals surface area contributed by atoms with E-state index < -0.39 is 40.5 Å². The number of carbonyl (C=O) groups is 2. The van der Waals surface area contributed by atoms with Gasteiger partial charge in [0.25, 0.3) is 11.8 Å². The Morgan fingerprint density at radius 2 is 1.31 bits per heavy atom. The number of nitrogens with two attached hydrogens (primary N) is 1. The molecule has 0 spiro atoms. The maximum Gasteiger partial charge on any atom is 0.255 e. The van der Waals surface area contributed by atoms with Gasteiger partial charge in [0, 0.05) is 42.0 Å². The highest BCUT2D eigenvalue weighted by Gasteiger charge is 2.25. The Balaban J connectivity index is 1.78. The summed E-state index contributed by atoms with van der Waals surface area (Å²) in [5.41, 5.74) is 6.11. The second-order valence-electron chi connectivity index (χ2n) is 9.00. The van der Waals surface area contributed by atoms with E-state index in [4.69, 9.17) is 5.73 Å². The minimum Gasteiger partial charge on any atom is -0.334 e. The molecule has 0 fully saturated rings. The number of anilines is 1. The maximum atomic E-state index is 13.7. The highest BCUT2D eigenvalue weighted by Crippen LogP contribution is 2.21. The molecule has 0 saturated heterocycles. The van der Waals surface area contributed by atoms with Crippen molar-refractivity contribution in [3.8, 4) is 0 Å². The standard InChI is InChI=1S/C26H25F4N3O2/c1-26(2,14-31)15-33(25(35)18-9-21(29)12-22(30)10-18)13-16-3-5-23(6-4-16)32-24(34)17-7-19(27)11-20(28)8-17/h3-12H,13-15,31H2,1-2H3,(H,32,34). The van der Waals surface area contributed by atoms with Crippen LogP contribution >= 0.6 is 0 Å². The molecule has 0 saturated carbocycles. The molecule has 0 aromatic heterocycles. The van der Waals surface area contributed by atoms with E-state index in [9.17, 15) is 27.2 Å². The first-order valence-electron chi connectivity index (χ1n) is 10.8. The van der Waals surface area contributed by atoms with Crippen molar-refractivity contribution < 1.29 is 27.2 Å². The molecule has 0 aliphatic heterocycles. The predicted molar refractivity (Wildman–Crippen MR) is 125 cm³/mol. The van der Waals surface area contributed by atoms with Crippen molar-refractivity contribution in [1.29, 1.82) is 0 Å². The SMILES string of the molecule is CC(C)(CN)CN(Cc1ccc(NC(=O)c2cc(F)cc(F)c2)cc1)C(=O)c1cc(F)cc(F)c1. The van der Waals surface area contributed by atoms with Gasteiger partial charge in [0.05, 0.1) is 0 Å². The summed E-state index contributed by atoms with van der Waals surface area (Å²) in [7, 11) is 0. The van der Waals surface area contributed by atoms with Crippen LogP contribution in [0.5, 0.6) is 0 Å². The number of halogens is 4.